The number of carboxylic acid groups (broad SMARTS) is 1. The number of fused-ring (bicyclic) bond motifs is 2. The summed E-state index contributed by atoms with van der Waals surface area (Å²) in [6.07, 6.45) is 0.371. The van der Waals surface area contributed by atoms with E-state index in [0.29, 0.717) is 49.7 Å². The third kappa shape index (κ3) is 4.79. The summed E-state index contributed by atoms with van der Waals surface area (Å²) in [5.41, 5.74) is 5.23. The minimum Gasteiger partial charge on any atom is -0.493 e. The first-order valence-electron chi connectivity index (χ1n) is 13.6. The number of hydrogen-bond donors (Lipinski definition) is 1. The van der Waals surface area contributed by atoms with Crippen LogP contribution in [0.4, 0.5) is 8.78 Å². The summed E-state index contributed by atoms with van der Waals surface area (Å²) >= 11 is 0. The van der Waals surface area contributed by atoms with Crippen LogP contribution >= 0.6 is 0 Å². The number of benzene rings is 3. The molecule has 0 saturated carbocycles. The molecule has 3 aromatic rings. The molecule has 210 valence electrons. The number of carboxylic acids is 1. The molecule has 8 heteroatoms. The molecule has 1 aliphatic carbocycles. The lowest BCUT2D eigenvalue weighted by molar-refractivity contribution is -0.137. The second kappa shape index (κ2) is 10.1. The van der Waals surface area contributed by atoms with Gasteiger partial charge in [0.05, 0.1) is 32.8 Å². The van der Waals surface area contributed by atoms with E-state index in [1.54, 1.807) is 18.2 Å². The SMILES string of the molecule is Cc1cc(OCC2(C)COC2)cc(C)c1-c1cc(F)c(F)c2c1CCC2Oc1ccc2c(c1)OCC2CC(=O)O. The highest BCUT2D eigenvalue weighted by molar-refractivity contribution is 5.76. The van der Waals surface area contributed by atoms with E-state index in [0.717, 1.165) is 33.6 Å². The van der Waals surface area contributed by atoms with E-state index in [-0.39, 0.29) is 29.9 Å². The molecule has 0 aromatic heterocycles. The third-order valence-corrected chi connectivity index (χ3v) is 8.17. The van der Waals surface area contributed by atoms with Gasteiger partial charge in [0.25, 0.3) is 0 Å². The van der Waals surface area contributed by atoms with E-state index in [1.165, 1.54) is 6.07 Å². The molecule has 3 aliphatic rings. The largest absolute Gasteiger partial charge is 0.493 e. The van der Waals surface area contributed by atoms with Gasteiger partial charge in [-0.3, -0.25) is 4.79 Å². The fraction of sp³-hybridized carbons (Fsp3) is 0.406. The zero-order valence-corrected chi connectivity index (χ0v) is 22.8. The van der Waals surface area contributed by atoms with Crippen LogP contribution in [0.3, 0.4) is 0 Å². The van der Waals surface area contributed by atoms with Gasteiger partial charge < -0.3 is 24.1 Å². The number of aliphatic carboxylic acids is 1. The minimum absolute atomic E-state index is 0.0154. The van der Waals surface area contributed by atoms with Crippen LogP contribution in [-0.4, -0.2) is 37.5 Å². The van der Waals surface area contributed by atoms with Gasteiger partial charge in [0.2, 0.25) is 0 Å². The molecule has 3 aromatic carbocycles. The molecule has 2 unspecified atom stereocenters. The monoisotopic (exact) mass is 550 g/mol. The number of rotatable bonds is 8. The number of ether oxygens (including phenoxy) is 4. The van der Waals surface area contributed by atoms with Crippen molar-refractivity contribution in [2.45, 2.75) is 52.1 Å². The van der Waals surface area contributed by atoms with E-state index >= 15 is 8.78 Å². The molecule has 1 saturated heterocycles. The van der Waals surface area contributed by atoms with E-state index < -0.39 is 23.7 Å². The van der Waals surface area contributed by atoms with Gasteiger partial charge in [-0.1, -0.05) is 13.0 Å². The van der Waals surface area contributed by atoms with Crippen molar-refractivity contribution in [3.8, 4) is 28.4 Å². The van der Waals surface area contributed by atoms with Gasteiger partial charge in [0.15, 0.2) is 11.6 Å². The average molecular weight is 551 g/mol. The van der Waals surface area contributed by atoms with Crippen molar-refractivity contribution in [3.05, 3.63) is 75.8 Å². The molecule has 0 bridgehead atoms. The topological polar surface area (TPSA) is 74.2 Å². The van der Waals surface area contributed by atoms with Gasteiger partial charge in [-0.2, -0.15) is 0 Å². The first-order chi connectivity index (χ1) is 19.1. The maximum Gasteiger partial charge on any atom is 0.304 e. The molecule has 6 rings (SSSR count). The van der Waals surface area contributed by atoms with E-state index in [1.807, 2.05) is 26.0 Å². The molecular weight excluding hydrogens is 518 g/mol. The van der Waals surface area contributed by atoms with Crippen LogP contribution in [0.2, 0.25) is 0 Å². The number of halogens is 2. The van der Waals surface area contributed by atoms with Crippen LogP contribution in [0, 0.1) is 30.9 Å². The van der Waals surface area contributed by atoms with Gasteiger partial charge in [-0.25, -0.2) is 8.78 Å². The second-order valence-corrected chi connectivity index (χ2v) is 11.6. The summed E-state index contributed by atoms with van der Waals surface area (Å²) in [7, 11) is 0. The van der Waals surface area contributed by atoms with Crippen LogP contribution in [0.5, 0.6) is 17.2 Å². The number of hydrogen-bond acceptors (Lipinski definition) is 5. The second-order valence-electron chi connectivity index (χ2n) is 11.6. The van der Waals surface area contributed by atoms with Crippen LogP contribution in [-0.2, 0) is 16.0 Å². The Morgan fingerprint density at radius 2 is 1.85 bits per heavy atom. The Hall–Kier alpha value is -3.65. The highest BCUT2D eigenvalue weighted by Crippen LogP contribution is 2.46. The molecule has 2 atom stereocenters. The van der Waals surface area contributed by atoms with Gasteiger partial charge in [0, 0.05) is 28.5 Å². The third-order valence-electron chi connectivity index (χ3n) is 8.17. The lowest BCUT2D eigenvalue weighted by atomic mass is 9.89. The molecule has 1 fully saturated rings. The van der Waals surface area contributed by atoms with Crippen molar-refractivity contribution >= 4 is 5.97 Å². The maximum absolute atomic E-state index is 15.3. The Morgan fingerprint density at radius 1 is 1.10 bits per heavy atom. The fourth-order valence-corrected chi connectivity index (χ4v) is 6.15. The van der Waals surface area contributed by atoms with Crippen LogP contribution in [0.15, 0.2) is 36.4 Å². The normalized spacial score (nSPS) is 20.3. The molecule has 6 nitrogen and oxygen atoms in total. The zero-order chi connectivity index (χ0) is 28.2. The first-order valence-corrected chi connectivity index (χ1v) is 13.6. The van der Waals surface area contributed by atoms with Crippen LogP contribution < -0.4 is 14.2 Å². The lowest BCUT2D eigenvalue weighted by Crippen LogP contribution is -2.44. The van der Waals surface area contributed by atoms with Crippen molar-refractivity contribution in [2.75, 3.05) is 26.4 Å². The number of aryl methyl sites for hydroxylation is 2. The highest BCUT2D eigenvalue weighted by atomic mass is 19.2. The van der Waals surface area contributed by atoms with Crippen LogP contribution in [0.25, 0.3) is 11.1 Å². The molecule has 0 amide bonds. The molecule has 2 aliphatic heterocycles. The molecule has 2 heterocycles. The highest BCUT2D eigenvalue weighted by Gasteiger charge is 2.35. The summed E-state index contributed by atoms with van der Waals surface area (Å²) in [6.45, 7) is 8.24. The Bertz CT molecular complexity index is 1470. The van der Waals surface area contributed by atoms with Crippen molar-refractivity contribution in [2.24, 2.45) is 5.41 Å². The smallest absolute Gasteiger partial charge is 0.304 e. The summed E-state index contributed by atoms with van der Waals surface area (Å²) in [5, 5.41) is 9.15. The first kappa shape index (κ1) is 26.6. The summed E-state index contributed by atoms with van der Waals surface area (Å²) < 4.78 is 53.6. The predicted molar refractivity (Wildman–Crippen MR) is 144 cm³/mol. The van der Waals surface area contributed by atoms with Crippen LogP contribution in [0.1, 0.15) is 59.6 Å². The number of carbonyl (C=O) groups is 1. The summed E-state index contributed by atoms with van der Waals surface area (Å²) in [5.74, 6) is -1.12. The quantitative estimate of drug-likeness (QED) is 0.337. The van der Waals surface area contributed by atoms with E-state index in [2.05, 4.69) is 6.92 Å². The van der Waals surface area contributed by atoms with E-state index in [9.17, 15) is 4.79 Å². The minimum atomic E-state index is -0.907. The van der Waals surface area contributed by atoms with Gasteiger partial charge in [0.1, 0.15) is 23.4 Å². The zero-order valence-electron chi connectivity index (χ0n) is 22.8. The van der Waals surface area contributed by atoms with Crippen molar-refractivity contribution < 1.29 is 37.6 Å². The standard InChI is InChI=1S/C32H32F2O6/c1-17-8-21(39-16-32(3)14-37-15-32)9-18(2)29(17)24-12-25(33)31(34)30-23(24)6-7-26(30)40-20-4-5-22-19(10-28(35)36)13-38-27(22)11-20/h4-5,8-9,11-12,19,26H,6-7,10,13-16H2,1-3H3,(H,35,36). The van der Waals surface area contributed by atoms with Crippen molar-refractivity contribution in [1.82, 2.24) is 0 Å². The maximum atomic E-state index is 15.3. The molecular formula is C32H32F2O6. The van der Waals surface area contributed by atoms with Gasteiger partial charge in [-0.15, -0.1) is 0 Å². The summed E-state index contributed by atoms with van der Waals surface area (Å²) in [4.78, 5) is 11.1. The van der Waals surface area contributed by atoms with Crippen molar-refractivity contribution in [1.29, 1.82) is 0 Å². The molecule has 0 spiro atoms. The Kier molecular flexibility index (Phi) is 6.69. The van der Waals surface area contributed by atoms with Gasteiger partial charge in [-0.05, 0) is 78.8 Å². The van der Waals surface area contributed by atoms with Crippen molar-refractivity contribution in [3.63, 3.8) is 0 Å². The molecule has 0 radical (unpaired) electrons. The summed E-state index contributed by atoms with van der Waals surface area (Å²) in [6, 6.07) is 10.4. The average Bonchev–Trinajstić information content (AvgIpc) is 3.48. The lowest BCUT2D eigenvalue weighted by Gasteiger charge is -2.37. The predicted octanol–water partition coefficient (Wildman–Crippen LogP) is 6.68. The Labute approximate surface area is 231 Å². The Morgan fingerprint density at radius 3 is 2.52 bits per heavy atom. The van der Waals surface area contributed by atoms with Gasteiger partial charge >= 0.3 is 5.97 Å². The molecule has 1 N–H and O–H groups in total. The van der Waals surface area contributed by atoms with E-state index in [4.69, 9.17) is 24.1 Å². The fourth-order valence-electron chi connectivity index (χ4n) is 6.15. The Balaban J connectivity index is 1.28. The molecule has 40 heavy (non-hydrogen) atoms.